The molecule has 1 amide bonds. The summed E-state index contributed by atoms with van der Waals surface area (Å²) in [7, 11) is 0. The molecule has 6 nitrogen and oxygen atoms in total. The van der Waals surface area contributed by atoms with Crippen LogP contribution in [0.5, 0.6) is 0 Å². The predicted molar refractivity (Wildman–Crippen MR) is 72.7 cm³/mol. The fourth-order valence-corrected chi connectivity index (χ4v) is 2.55. The van der Waals surface area contributed by atoms with E-state index in [-0.39, 0.29) is 5.91 Å². The quantitative estimate of drug-likeness (QED) is 0.765. The molecule has 0 saturated carbocycles. The van der Waals surface area contributed by atoms with Crippen LogP contribution in [0.4, 0.5) is 5.13 Å². The molecule has 18 heavy (non-hydrogen) atoms. The van der Waals surface area contributed by atoms with Gasteiger partial charge >= 0.3 is 0 Å². The minimum absolute atomic E-state index is 0.0113. The van der Waals surface area contributed by atoms with Crippen LogP contribution >= 0.6 is 11.3 Å². The number of hydrogen-bond donors (Lipinski definition) is 2. The maximum Gasteiger partial charge on any atom is 0.240 e. The van der Waals surface area contributed by atoms with Crippen molar-refractivity contribution in [1.29, 1.82) is 0 Å². The van der Waals surface area contributed by atoms with E-state index in [0.717, 1.165) is 32.7 Å². The molecule has 3 N–H and O–H groups in total. The predicted octanol–water partition coefficient (Wildman–Crippen LogP) is -0.342. The van der Waals surface area contributed by atoms with E-state index in [1.165, 1.54) is 11.3 Å². The van der Waals surface area contributed by atoms with E-state index < -0.39 is 0 Å². The summed E-state index contributed by atoms with van der Waals surface area (Å²) in [6.07, 6.45) is 1.69. The molecule has 0 aromatic carbocycles. The Hall–Kier alpha value is -1.02. The molecule has 2 rings (SSSR count). The van der Waals surface area contributed by atoms with Crippen LogP contribution < -0.4 is 11.1 Å². The minimum Gasteiger partial charge on any atom is -0.329 e. The number of nitrogens with one attached hydrogen (secondary N) is 1. The SMILES string of the molecule is NCCN1CCN(CC(=O)Nc2nccs2)CC1. The lowest BCUT2D eigenvalue weighted by Crippen LogP contribution is -2.49. The zero-order chi connectivity index (χ0) is 12.8. The lowest BCUT2D eigenvalue weighted by atomic mass is 10.3. The van der Waals surface area contributed by atoms with Crippen LogP contribution in [0, 0.1) is 0 Å². The van der Waals surface area contributed by atoms with Gasteiger partial charge in [-0.3, -0.25) is 14.6 Å². The smallest absolute Gasteiger partial charge is 0.240 e. The number of aromatic nitrogens is 1. The second-order valence-electron chi connectivity index (χ2n) is 4.29. The van der Waals surface area contributed by atoms with Gasteiger partial charge in [-0.2, -0.15) is 0 Å². The normalized spacial score (nSPS) is 17.8. The van der Waals surface area contributed by atoms with Crippen molar-refractivity contribution in [2.75, 3.05) is 51.1 Å². The maximum atomic E-state index is 11.8. The summed E-state index contributed by atoms with van der Waals surface area (Å²) >= 11 is 1.44. The monoisotopic (exact) mass is 269 g/mol. The Bertz CT molecular complexity index is 362. The van der Waals surface area contributed by atoms with Crippen LogP contribution in [0.3, 0.4) is 0 Å². The number of nitrogens with zero attached hydrogens (tertiary/aromatic N) is 3. The summed E-state index contributed by atoms with van der Waals surface area (Å²) < 4.78 is 0. The summed E-state index contributed by atoms with van der Waals surface area (Å²) in [4.78, 5) is 20.3. The van der Waals surface area contributed by atoms with Gasteiger partial charge in [0.05, 0.1) is 6.54 Å². The summed E-state index contributed by atoms with van der Waals surface area (Å²) in [5.74, 6) is 0.0113. The summed E-state index contributed by atoms with van der Waals surface area (Å²) in [6, 6.07) is 0. The van der Waals surface area contributed by atoms with Crippen molar-refractivity contribution in [3.8, 4) is 0 Å². The van der Waals surface area contributed by atoms with Gasteiger partial charge in [-0.1, -0.05) is 0 Å². The van der Waals surface area contributed by atoms with Gasteiger partial charge in [0, 0.05) is 50.8 Å². The number of rotatable bonds is 5. The molecular formula is C11H19N5OS. The van der Waals surface area contributed by atoms with Crippen LogP contribution in [0.15, 0.2) is 11.6 Å². The summed E-state index contributed by atoms with van der Waals surface area (Å²) in [5, 5.41) is 5.32. The third-order valence-corrected chi connectivity index (χ3v) is 3.64. The van der Waals surface area contributed by atoms with Gasteiger partial charge in [0.2, 0.25) is 5.91 Å². The number of carbonyl (C=O) groups excluding carboxylic acids is 1. The van der Waals surface area contributed by atoms with E-state index in [9.17, 15) is 4.79 Å². The largest absolute Gasteiger partial charge is 0.329 e. The molecule has 1 aromatic rings. The van der Waals surface area contributed by atoms with E-state index in [2.05, 4.69) is 20.1 Å². The molecule has 0 unspecified atom stereocenters. The van der Waals surface area contributed by atoms with E-state index in [1.54, 1.807) is 6.20 Å². The van der Waals surface area contributed by atoms with Gasteiger partial charge < -0.3 is 11.1 Å². The molecule has 0 atom stereocenters. The lowest BCUT2D eigenvalue weighted by molar-refractivity contribution is -0.117. The fraction of sp³-hybridized carbons (Fsp3) is 0.636. The molecule has 0 spiro atoms. The van der Waals surface area contributed by atoms with Gasteiger partial charge in [0.15, 0.2) is 5.13 Å². The average Bonchev–Trinajstić information content (AvgIpc) is 2.84. The molecule has 1 aromatic heterocycles. The third kappa shape index (κ3) is 4.02. The summed E-state index contributed by atoms with van der Waals surface area (Å²) in [6.45, 7) is 5.90. The first kappa shape index (κ1) is 13.4. The number of hydrogen-bond acceptors (Lipinski definition) is 6. The van der Waals surface area contributed by atoms with Crippen molar-refractivity contribution < 1.29 is 4.79 Å². The molecule has 1 aliphatic rings. The molecule has 0 bridgehead atoms. The average molecular weight is 269 g/mol. The molecule has 2 heterocycles. The summed E-state index contributed by atoms with van der Waals surface area (Å²) in [5.41, 5.74) is 5.53. The van der Waals surface area contributed by atoms with Crippen molar-refractivity contribution in [1.82, 2.24) is 14.8 Å². The molecule has 0 aliphatic carbocycles. The van der Waals surface area contributed by atoms with Gasteiger partial charge in [-0.25, -0.2) is 4.98 Å². The first-order chi connectivity index (χ1) is 8.78. The van der Waals surface area contributed by atoms with Crippen LogP contribution in [0.25, 0.3) is 0 Å². The number of thiazole rings is 1. The molecule has 0 radical (unpaired) electrons. The van der Waals surface area contributed by atoms with Gasteiger partial charge in [0.1, 0.15) is 0 Å². The fourth-order valence-electron chi connectivity index (χ4n) is 2.00. The second kappa shape index (κ2) is 6.79. The number of nitrogens with two attached hydrogens (primary N) is 1. The number of amides is 1. The van der Waals surface area contributed by atoms with Crippen molar-refractivity contribution >= 4 is 22.4 Å². The Balaban J connectivity index is 1.69. The molecule has 1 aliphatic heterocycles. The van der Waals surface area contributed by atoms with E-state index in [4.69, 9.17) is 5.73 Å². The Labute approximate surface area is 111 Å². The molecule has 100 valence electrons. The third-order valence-electron chi connectivity index (χ3n) is 2.96. The number of anilines is 1. The van der Waals surface area contributed by atoms with Gasteiger partial charge in [-0.15, -0.1) is 11.3 Å². The van der Waals surface area contributed by atoms with Crippen LogP contribution in [0.1, 0.15) is 0 Å². The van der Waals surface area contributed by atoms with Crippen LogP contribution in [-0.4, -0.2) is 66.5 Å². The Kier molecular flexibility index (Phi) is 5.06. The Morgan fingerprint density at radius 1 is 1.39 bits per heavy atom. The Morgan fingerprint density at radius 2 is 2.11 bits per heavy atom. The highest BCUT2D eigenvalue weighted by molar-refractivity contribution is 7.13. The van der Waals surface area contributed by atoms with Crippen LogP contribution in [0.2, 0.25) is 0 Å². The van der Waals surface area contributed by atoms with E-state index in [0.29, 0.717) is 18.2 Å². The zero-order valence-electron chi connectivity index (χ0n) is 10.3. The number of piperazine rings is 1. The topological polar surface area (TPSA) is 74.5 Å². The molecular weight excluding hydrogens is 250 g/mol. The van der Waals surface area contributed by atoms with Gasteiger partial charge in [0.25, 0.3) is 0 Å². The van der Waals surface area contributed by atoms with Crippen LogP contribution in [-0.2, 0) is 4.79 Å². The highest BCUT2D eigenvalue weighted by Gasteiger charge is 2.18. The van der Waals surface area contributed by atoms with Crippen molar-refractivity contribution in [2.24, 2.45) is 5.73 Å². The number of carbonyl (C=O) groups is 1. The first-order valence-electron chi connectivity index (χ1n) is 6.12. The van der Waals surface area contributed by atoms with Gasteiger partial charge in [-0.05, 0) is 0 Å². The van der Waals surface area contributed by atoms with E-state index in [1.807, 2.05) is 5.38 Å². The standard InChI is InChI=1S/C11H19N5OS/c12-1-3-15-4-6-16(7-5-15)9-10(17)14-11-13-2-8-18-11/h2,8H,1,3-7,9,12H2,(H,13,14,17). The zero-order valence-corrected chi connectivity index (χ0v) is 11.2. The highest BCUT2D eigenvalue weighted by atomic mass is 32.1. The highest BCUT2D eigenvalue weighted by Crippen LogP contribution is 2.10. The first-order valence-corrected chi connectivity index (χ1v) is 7.00. The molecule has 1 saturated heterocycles. The van der Waals surface area contributed by atoms with Crippen molar-refractivity contribution in [3.63, 3.8) is 0 Å². The van der Waals surface area contributed by atoms with Crippen molar-refractivity contribution in [2.45, 2.75) is 0 Å². The second-order valence-corrected chi connectivity index (χ2v) is 5.19. The maximum absolute atomic E-state index is 11.8. The van der Waals surface area contributed by atoms with E-state index >= 15 is 0 Å². The molecule has 7 heteroatoms. The van der Waals surface area contributed by atoms with Crippen molar-refractivity contribution in [3.05, 3.63) is 11.6 Å². The lowest BCUT2D eigenvalue weighted by Gasteiger charge is -2.33. The Morgan fingerprint density at radius 3 is 2.72 bits per heavy atom. The molecule has 1 fully saturated rings. The minimum atomic E-state index is 0.0113.